The van der Waals surface area contributed by atoms with Crippen molar-refractivity contribution in [2.75, 3.05) is 0 Å². The minimum atomic E-state index is -0.208. The first-order valence-corrected chi connectivity index (χ1v) is 6.81. The van der Waals surface area contributed by atoms with Gasteiger partial charge in [-0.2, -0.15) is 0 Å². The molecule has 0 radical (unpaired) electrons. The van der Waals surface area contributed by atoms with Gasteiger partial charge in [0.1, 0.15) is 0 Å². The maximum atomic E-state index is 12.4. The molecule has 1 N–H and O–H groups in total. The number of aromatic nitrogens is 2. The molecule has 0 fully saturated rings. The van der Waals surface area contributed by atoms with Crippen LogP contribution < -0.4 is 5.69 Å². The molecule has 1 heterocycles. The van der Waals surface area contributed by atoms with Crippen molar-refractivity contribution in [3.05, 3.63) is 88.5 Å². The van der Waals surface area contributed by atoms with E-state index in [0.717, 1.165) is 11.1 Å². The smallest absolute Gasteiger partial charge is 0.331 e. The van der Waals surface area contributed by atoms with Gasteiger partial charge < -0.3 is 5.11 Å². The molecule has 0 aliphatic carbocycles. The van der Waals surface area contributed by atoms with Gasteiger partial charge in [0.2, 0.25) is 5.88 Å². The number of benzene rings is 2. The largest absolute Gasteiger partial charge is 0.493 e. The van der Waals surface area contributed by atoms with Gasteiger partial charge in [0.05, 0.1) is 19.3 Å². The molecule has 106 valence electrons. The summed E-state index contributed by atoms with van der Waals surface area (Å²) >= 11 is 0. The van der Waals surface area contributed by atoms with Crippen LogP contribution in [0.3, 0.4) is 0 Å². The van der Waals surface area contributed by atoms with E-state index < -0.39 is 0 Å². The quantitative estimate of drug-likeness (QED) is 0.798. The van der Waals surface area contributed by atoms with Crippen molar-refractivity contribution in [2.24, 2.45) is 0 Å². The monoisotopic (exact) mass is 280 g/mol. The maximum absolute atomic E-state index is 12.4. The molecule has 0 spiro atoms. The lowest BCUT2D eigenvalue weighted by molar-refractivity contribution is 0.421. The average Bonchev–Trinajstić information content (AvgIpc) is 2.77. The van der Waals surface area contributed by atoms with Gasteiger partial charge in [-0.3, -0.25) is 9.13 Å². The normalized spacial score (nSPS) is 10.7. The summed E-state index contributed by atoms with van der Waals surface area (Å²) in [7, 11) is 0. The molecule has 3 rings (SSSR count). The molecule has 0 aliphatic rings. The third kappa shape index (κ3) is 2.89. The molecule has 0 unspecified atom stereocenters. The first kappa shape index (κ1) is 13.2. The zero-order valence-electron chi connectivity index (χ0n) is 11.5. The van der Waals surface area contributed by atoms with Gasteiger partial charge in [0.25, 0.3) is 0 Å². The predicted molar refractivity (Wildman–Crippen MR) is 81.4 cm³/mol. The van der Waals surface area contributed by atoms with Gasteiger partial charge >= 0.3 is 5.69 Å². The lowest BCUT2D eigenvalue weighted by Gasteiger charge is -2.03. The molecule has 0 saturated heterocycles. The second-order valence-corrected chi connectivity index (χ2v) is 4.96. The second-order valence-electron chi connectivity index (χ2n) is 4.96. The number of rotatable bonds is 4. The molecule has 0 bridgehead atoms. The summed E-state index contributed by atoms with van der Waals surface area (Å²) in [5, 5.41) is 9.99. The fourth-order valence-corrected chi connectivity index (χ4v) is 2.33. The third-order valence-corrected chi connectivity index (χ3v) is 3.40. The van der Waals surface area contributed by atoms with Crippen molar-refractivity contribution in [1.82, 2.24) is 9.13 Å². The van der Waals surface area contributed by atoms with Crippen LogP contribution in [0.5, 0.6) is 5.88 Å². The molecule has 0 amide bonds. The summed E-state index contributed by atoms with van der Waals surface area (Å²) in [5.41, 5.74) is 1.80. The molecule has 3 aromatic rings. The van der Waals surface area contributed by atoms with Gasteiger partial charge in [0, 0.05) is 0 Å². The Hall–Kier alpha value is -2.75. The van der Waals surface area contributed by atoms with E-state index in [0.29, 0.717) is 13.1 Å². The highest BCUT2D eigenvalue weighted by Gasteiger charge is 2.10. The SMILES string of the molecule is O=c1n(Cc2ccccc2)cc(O)n1Cc1ccccc1. The van der Waals surface area contributed by atoms with E-state index in [-0.39, 0.29) is 11.6 Å². The van der Waals surface area contributed by atoms with Crippen LogP contribution in [0.4, 0.5) is 0 Å². The van der Waals surface area contributed by atoms with Crippen molar-refractivity contribution in [1.29, 1.82) is 0 Å². The Morgan fingerprint density at radius 3 is 1.90 bits per heavy atom. The Kier molecular flexibility index (Phi) is 3.60. The molecule has 0 aliphatic heterocycles. The molecule has 0 saturated carbocycles. The van der Waals surface area contributed by atoms with Gasteiger partial charge in [-0.25, -0.2) is 4.79 Å². The molecular weight excluding hydrogens is 264 g/mol. The summed E-state index contributed by atoms with van der Waals surface area (Å²) in [6.07, 6.45) is 1.48. The molecule has 4 heteroatoms. The van der Waals surface area contributed by atoms with Crippen LogP contribution in [0.25, 0.3) is 0 Å². The zero-order chi connectivity index (χ0) is 14.7. The Morgan fingerprint density at radius 2 is 1.33 bits per heavy atom. The van der Waals surface area contributed by atoms with Gasteiger partial charge in [-0.1, -0.05) is 60.7 Å². The van der Waals surface area contributed by atoms with Crippen LogP contribution in [-0.4, -0.2) is 14.2 Å². The van der Waals surface area contributed by atoms with Crippen molar-refractivity contribution in [3.8, 4) is 5.88 Å². The number of hydrogen-bond acceptors (Lipinski definition) is 2. The summed E-state index contributed by atoms with van der Waals surface area (Å²) in [6.45, 7) is 0.822. The highest BCUT2D eigenvalue weighted by Crippen LogP contribution is 2.11. The summed E-state index contributed by atoms with van der Waals surface area (Å²) < 4.78 is 2.89. The second kappa shape index (κ2) is 5.71. The van der Waals surface area contributed by atoms with Crippen molar-refractivity contribution in [3.63, 3.8) is 0 Å². The van der Waals surface area contributed by atoms with E-state index in [9.17, 15) is 9.90 Å². The molecular formula is C17H16N2O2. The first-order valence-electron chi connectivity index (χ1n) is 6.81. The van der Waals surface area contributed by atoms with Crippen LogP contribution >= 0.6 is 0 Å². The lowest BCUT2D eigenvalue weighted by Crippen LogP contribution is -2.24. The lowest BCUT2D eigenvalue weighted by atomic mass is 10.2. The fourth-order valence-electron chi connectivity index (χ4n) is 2.33. The highest BCUT2D eigenvalue weighted by atomic mass is 16.3. The Bertz CT molecular complexity index is 774. The molecule has 2 aromatic carbocycles. The highest BCUT2D eigenvalue weighted by molar-refractivity contribution is 5.19. The molecule has 1 aromatic heterocycles. The third-order valence-electron chi connectivity index (χ3n) is 3.40. The van der Waals surface area contributed by atoms with E-state index in [1.54, 1.807) is 0 Å². The summed E-state index contributed by atoms with van der Waals surface area (Å²) in [4.78, 5) is 12.4. The van der Waals surface area contributed by atoms with Crippen LogP contribution in [0.15, 0.2) is 71.7 Å². The molecule has 0 atom stereocenters. The fraction of sp³-hybridized carbons (Fsp3) is 0.118. The number of aromatic hydroxyl groups is 1. The van der Waals surface area contributed by atoms with Crippen LogP contribution in [-0.2, 0) is 13.1 Å². The van der Waals surface area contributed by atoms with Crippen molar-refractivity contribution in [2.45, 2.75) is 13.1 Å². The summed E-state index contributed by atoms with van der Waals surface area (Å²) in [6, 6.07) is 19.3. The number of imidazole rings is 1. The van der Waals surface area contributed by atoms with Gasteiger partial charge in [-0.05, 0) is 11.1 Å². The summed E-state index contributed by atoms with van der Waals surface area (Å²) in [5.74, 6) is -0.0141. The first-order chi connectivity index (χ1) is 10.2. The van der Waals surface area contributed by atoms with E-state index in [2.05, 4.69) is 0 Å². The van der Waals surface area contributed by atoms with Crippen LogP contribution in [0, 0.1) is 0 Å². The topological polar surface area (TPSA) is 47.2 Å². The Labute approximate surface area is 122 Å². The minimum absolute atomic E-state index is 0.0141. The van der Waals surface area contributed by atoms with Crippen LogP contribution in [0.1, 0.15) is 11.1 Å². The average molecular weight is 280 g/mol. The van der Waals surface area contributed by atoms with Crippen molar-refractivity contribution >= 4 is 0 Å². The molecule has 21 heavy (non-hydrogen) atoms. The van der Waals surface area contributed by atoms with Gasteiger partial charge in [0.15, 0.2) is 0 Å². The standard InChI is InChI=1S/C17H16N2O2/c20-16-13-18(11-14-7-3-1-4-8-14)17(21)19(16)12-15-9-5-2-6-10-15/h1-10,13,20H,11-12H2. The Morgan fingerprint density at radius 1 is 0.810 bits per heavy atom. The van der Waals surface area contributed by atoms with Crippen LogP contribution in [0.2, 0.25) is 0 Å². The zero-order valence-corrected chi connectivity index (χ0v) is 11.5. The van der Waals surface area contributed by atoms with E-state index in [1.807, 2.05) is 60.7 Å². The number of hydrogen-bond donors (Lipinski definition) is 1. The Balaban J connectivity index is 1.88. The predicted octanol–water partition coefficient (Wildman–Crippen LogP) is 2.45. The van der Waals surface area contributed by atoms with E-state index in [4.69, 9.17) is 0 Å². The minimum Gasteiger partial charge on any atom is -0.493 e. The van der Waals surface area contributed by atoms with Crippen molar-refractivity contribution < 1.29 is 5.11 Å². The van der Waals surface area contributed by atoms with Gasteiger partial charge in [-0.15, -0.1) is 0 Å². The number of nitrogens with zero attached hydrogens (tertiary/aromatic N) is 2. The van der Waals surface area contributed by atoms with E-state index in [1.165, 1.54) is 15.3 Å². The van der Waals surface area contributed by atoms with E-state index >= 15 is 0 Å². The maximum Gasteiger partial charge on any atom is 0.331 e. The molecule has 4 nitrogen and oxygen atoms in total.